The highest BCUT2D eigenvalue weighted by atomic mass is 35.5. The molecule has 2 aromatic rings. The van der Waals surface area contributed by atoms with Crippen LogP contribution in [0.4, 0.5) is 4.39 Å². The van der Waals surface area contributed by atoms with Crippen molar-refractivity contribution in [3.63, 3.8) is 0 Å². The summed E-state index contributed by atoms with van der Waals surface area (Å²) in [5.41, 5.74) is 0.940. The lowest BCUT2D eigenvalue weighted by Crippen LogP contribution is -2.36. The summed E-state index contributed by atoms with van der Waals surface area (Å²) in [5.74, 6) is -0.418. The van der Waals surface area contributed by atoms with Crippen LogP contribution in [-0.4, -0.2) is 22.3 Å². The van der Waals surface area contributed by atoms with Crippen molar-refractivity contribution in [2.24, 2.45) is 0 Å². The molecule has 1 aromatic heterocycles. The fraction of sp³-hybridized carbons (Fsp3) is 0.467. The van der Waals surface area contributed by atoms with Crippen molar-refractivity contribution in [3.8, 4) is 10.6 Å². The monoisotopic (exact) mass is 327 g/mol. The van der Waals surface area contributed by atoms with E-state index in [-0.39, 0.29) is 10.6 Å². The van der Waals surface area contributed by atoms with Crippen LogP contribution in [-0.2, 0) is 6.42 Å². The Labute approximate surface area is 133 Å². The van der Waals surface area contributed by atoms with Gasteiger partial charge in [-0.25, -0.2) is 4.39 Å². The molecule has 0 saturated carbocycles. The third-order valence-electron chi connectivity index (χ3n) is 2.86. The van der Waals surface area contributed by atoms with Gasteiger partial charge in [-0.1, -0.05) is 22.9 Å². The summed E-state index contributed by atoms with van der Waals surface area (Å²) in [7, 11) is 0. The van der Waals surface area contributed by atoms with Gasteiger partial charge in [-0.2, -0.15) is 0 Å². The van der Waals surface area contributed by atoms with Gasteiger partial charge in [0.25, 0.3) is 0 Å². The van der Waals surface area contributed by atoms with Crippen LogP contribution in [0.5, 0.6) is 0 Å². The molecule has 0 bridgehead atoms. The first-order valence-electron chi connectivity index (χ1n) is 6.88. The van der Waals surface area contributed by atoms with E-state index in [4.69, 9.17) is 11.6 Å². The normalized spacial score (nSPS) is 11.9. The molecule has 0 amide bonds. The summed E-state index contributed by atoms with van der Waals surface area (Å²) in [5, 5.41) is 13.6. The van der Waals surface area contributed by atoms with E-state index in [9.17, 15) is 4.39 Å². The number of halogens is 2. The van der Waals surface area contributed by atoms with Crippen molar-refractivity contribution < 1.29 is 4.39 Å². The van der Waals surface area contributed by atoms with Crippen LogP contribution in [0.1, 0.15) is 32.2 Å². The fourth-order valence-electron chi connectivity index (χ4n) is 1.80. The van der Waals surface area contributed by atoms with E-state index in [1.54, 1.807) is 12.1 Å². The Balaban J connectivity index is 1.93. The average Bonchev–Trinajstić information content (AvgIpc) is 2.86. The second-order valence-electron chi connectivity index (χ2n) is 5.91. The van der Waals surface area contributed by atoms with Crippen LogP contribution in [0.2, 0.25) is 5.02 Å². The molecule has 1 heterocycles. The second-order valence-corrected chi connectivity index (χ2v) is 7.38. The molecule has 0 spiro atoms. The largest absolute Gasteiger partial charge is 0.312 e. The molecular formula is C15H19ClFN3S. The van der Waals surface area contributed by atoms with Gasteiger partial charge < -0.3 is 5.32 Å². The van der Waals surface area contributed by atoms with Crippen molar-refractivity contribution in [1.82, 2.24) is 15.5 Å². The van der Waals surface area contributed by atoms with Gasteiger partial charge in [-0.05, 0) is 51.9 Å². The summed E-state index contributed by atoms with van der Waals surface area (Å²) in [6, 6.07) is 4.61. The highest BCUT2D eigenvalue weighted by Gasteiger charge is 2.10. The summed E-state index contributed by atoms with van der Waals surface area (Å²) in [6.07, 6.45) is 1.89. The van der Waals surface area contributed by atoms with Gasteiger partial charge in [0.1, 0.15) is 15.8 Å². The molecule has 0 fully saturated rings. The first-order valence-corrected chi connectivity index (χ1v) is 8.07. The topological polar surface area (TPSA) is 37.8 Å². The Bertz CT molecular complexity index is 607. The SMILES string of the molecule is CC(C)(C)NCCCc1nnc(-c2ccc(F)c(Cl)c2)s1. The zero-order chi connectivity index (χ0) is 15.5. The molecule has 0 saturated heterocycles. The average molecular weight is 328 g/mol. The summed E-state index contributed by atoms with van der Waals surface area (Å²) in [4.78, 5) is 0. The van der Waals surface area contributed by atoms with Crippen LogP contribution in [0.15, 0.2) is 18.2 Å². The Hall–Kier alpha value is -1.04. The van der Waals surface area contributed by atoms with Crippen LogP contribution < -0.4 is 5.32 Å². The molecule has 0 radical (unpaired) electrons. The zero-order valence-electron chi connectivity index (χ0n) is 12.4. The molecular weight excluding hydrogens is 309 g/mol. The maximum atomic E-state index is 13.1. The number of aromatic nitrogens is 2. The molecule has 21 heavy (non-hydrogen) atoms. The smallest absolute Gasteiger partial charge is 0.147 e. The van der Waals surface area contributed by atoms with Gasteiger partial charge in [0.15, 0.2) is 0 Å². The standard InChI is InChI=1S/C15H19ClFN3S/c1-15(2,3)18-8-4-5-13-19-20-14(21-13)10-6-7-12(17)11(16)9-10/h6-7,9,18H,4-5,8H2,1-3H3. The molecule has 6 heteroatoms. The van der Waals surface area contributed by atoms with Crippen molar-refractivity contribution in [3.05, 3.63) is 34.0 Å². The number of rotatable bonds is 5. The van der Waals surface area contributed by atoms with E-state index in [2.05, 4.69) is 36.3 Å². The lowest BCUT2D eigenvalue weighted by Gasteiger charge is -2.20. The number of nitrogens with zero attached hydrogens (tertiary/aromatic N) is 2. The molecule has 0 unspecified atom stereocenters. The minimum Gasteiger partial charge on any atom is -0.312 e. The Morgan fingerprint density at radius 2 is 2.05 bits per heavy atom. The molecule has 114 valence electrons. The van der Waals surface area contributed by atoms with Gasteiger partial charge in [-0.3, -0.25) is 0 Å². The number of nitrogens with one attached hydrogen (secondary N) is 1. The molecule has 0 atom stereocenters. The van der Waals surface area contributed by atoms with Gasteiger partial charge in [-0.15, -0.1) is 10.2 Å². The van der Waals surface area contributed by atoms with E-state index in [1.165, 1.54) is 17.4 Å². The van der Waals surface area contributed by atoms with E-state index in [1.807, 2.05) is 0 Å². The third kappa shape index (κ3) is 5.02. The number of hydrogen-bond acceptors (Lipinski definition) is 4. The van der Waals surface area contributed by atoms with Crippen molar-refractivity contribution >= 4 is 22.9 Å². The minimum absolute atomic E-state index is 0.110. The van der Waals surface area contributed by atoms with Crippen LogP contribution in [0, 0.1) is 5.82 Å². The lowest BCUT2D eigenvalue weighted by atomic mass is 10.1. The molecule has 0 aliphatic rings. The summed E-state index contributed by atoms with van der Waals surface area (Å²) >= 11 is 7.32. The number of benzene rings is 1. The van der Waals surface area contributed by atoms with Crippen molar-refractivity contribution in [2.75, 3.05) is 6.54 Å². The molecule has 1 N–H and O–H groups in total. The quantitative estimate of drug-likeness (QED) is 0.831. The molecule has 0 aliphatic heterocycles. The summed E-state index contributed by atoms with van der Waals surface area (Å²) in [6.45, 7) is 7.39. The van der Waals surface area contributed by atoms with Gasteiger partial charge in [0, 0.05) is 17.5 Å². The molecule has 3 nitrogen and oxygen atoms in total. The van der Waals surface area contributed by atoms with E-state index < -0.39 is 5.82 Å². The highest BCUT2D eigenvalue weighted by molar-refractivity contribution is 7.14. The van der Waals surface area contributed by atoms with Gasteiger partial charge >= 0.3 is 0 Å². The van der Waals surface area contributed by atoms with Crippen molar-refractivity contribution in [1.29, 1.82) is 0 Å². The Morgan fingerprint density at radius 3 is 2.71 bits per heavy atom. The number of hydrogen-bond donors (Lipinski definition) is 1. The van der Waals surface area contributed by atoms with E-state index in [0.717, 1.165) is 35.0 Å². The van der Waals surface area contributed by atoms with E-state index >= 15 is 0 Å². The molecule has 0 aliphatic carbocycles. The first kappa shape index (κ1) is 16.3. The van der Waals surface area contributed by atoms with E-state index in [0.29, 0.717) is 0 Å². The third-order valence-corrected chi connectivity index (χ3v) is 4.18. The first-order chi connectivity index (χ1) is 9.85. The minimum atomic E-state index is -0.418. The highest BCUT2D eigenvalue weighted by Crippen LogP contribution is 2.27. The van der Waals surface area contributed by atoms with Crippen LogP contribution >= 0.6 is 22.9 Å². The lowest BCUT2D eigenvalue weighted by molar-refractivity contribution is 0.422. The van der Waals surface area contributed by atoms with Gasteiger partial charge in [0.2, 0.25) is 0 Å². The molecule has 1 aromatic carbocycles. The van der Waals surface area contributed by atoms with Crippen LogP contribution in [0.3, 0.4) is 0 Å². The predicted molar refractivity (Wildman–Crippen MR) is 86.4 cm³/mol. The maximum absolute atomic E-state index is 13.1. The number of aryl methyl sites for hydroxylation is 1. The maximum Gasteiger partial charge on any atom is 0.147 e. The fourth-order valence-corrected chi connectivity index (χ4v) is 2.86. The second kappa shape index (κ2) is 6.81. The Kier molecular flexibility index (Phi) is 5.30. The summed E-state index contributed by atoms with van der Waals surface area (Å²) < 4.78 is 13.1. The van der Waals surface area contributed by atoms with Crippen molar-refractivity contribution in [2.45, 2.75) is 39.2 Å². The zero-order valence-corrected chi connectivity index (χ0v) is 14.0. The van der Waals surface area contributed by atoms with Crippen LogP contribution in [0.25, 0.3) is 10.6 Å². The molecule has 2 rings (SSSR count). The Morgan fingerprint density at radius 1 is 1.29 bits per heavy atom. The van der Waals surface area contributed by atoms with Gasteiger partial charge in [0.05, 0.1) is 5.02 Å². The predicted octanol–water partition coefficient (Wildman–Crippen LogP) is 4.32.